The molecule has 24 heavy (non-hydrogen) atoms. The maximum absolute atomic E-state index is 4.49. The van der Waals surface area contributed by atoms with Crippen LogP contribution >= 0.6 is 24.0 Å². The van der Waals surface area contributed by atoms with E-state index in [-0.39, 0.29) is 24.0 Å². The molecule has 0 aromatic heterocycles. The van der Waals surface area contributed by atoms with E-state index >= 15 is 0 Å². The van der Waals surface area contributed by atoms with Crippen molar-refractivity contribution in [3.63, 3.8) is 0 Å². The van der Waals surface area contributed by atoms with Crippen molar-refractivity contribution >= 4 is 29.9 Å². The zero-order valence-corrected chi connectivity index (χ0v) is 18.5. The number of nitrogens with one attached hydrogen (secondary N) is 1. The summed E-state index contributed by atoms with van der Waals surface area (Å²) in [6.45, 7) is 17.6. The van der Waals surface area contributed by atoms with Crippen molar-refractivity contribution in [3.05, 3.63) is 0 Å². The fourth-order valence-electron chi connectivity index (χ4n) is 3.61. The molecule has 0 aliphatic carbocycles. The van der Waals surface area contributed by atoms with E-state index in [1.54, 1.807) is 0 Å². The van der Waals surface area contributed by atoms with Crippen molar-refractivity contribution in [1.82, 2.24) is 20.0 Å². The number of hydrogen-bond acceptors (Lipinski definition) is 3. The lowest BCUT2D eigenvalue weighted by atomic mass is 9.99. The summed E-state index contributed by atoms with van der Waals surface area (Å²) in [5.41, 5.74) is 0. The second-order valence-corrected chi connectivity index (χ2v) is 7.44. The van der Waals surface area contributed by atoms with Crippen LogP contribution in [0.25, 0.3) is 0 Å². The molecule has 0 bridgehead atoms. The van der Waals surface area contributed by atoms with Crippen LogP contribution in [0.1, 0.15) is 33.6 Å². The Balaban J connectivity index is 0.00000288. The van der Waals surface area contributed by atoms with Crippen molar-refractivity contribution in [2.24, 2.45) is 16.8 Å². The standard InChI is InChI=1S/C18H37N5.HI/c1-5-21-10-12-22(13-11-21)15-17(3)14-20-18(19-4)23-8-6-16(2)7-9-23;/h16-17H,5-15H2,1-4H3,(H,19,20);1H. The molecule has 0 radical (unpaired) electrons. The van der Waals surface area contributed by atoms with Gasteiger partial charge in [0.1, 0.15) is 0 Å². The first kappa shape index (κ1) is 22.0. The van der Waals surface area contributed by atoms with Gasteiger partial charge in [-0.05, 0) is 31.2 Å². The van der Waals surface area contributed by atoms with Crippen molar-refractivity contribution in [2.45, 2.75) is 33.6 Å². The Morgan fingerprint density at radius 2 is 1.67 bits per heavy atom. The molecule has 1 N–H and O–H groups in total. The first-order valence-corrected chi connectivity index (χ1v) is 9.52. The van der Waals surface area contributed by atoms with Crippen molar-refractivity contribution < 1.29 is 0 Å². The third-order valence-electron chi connectivity index (χ3n) is 5.39. The fourth-order valence-corrected chi connectivity index (χ4v) is 3.61. The fraction of sp³-hybridized carbons (Fsp3) is 0.944. The van der Waals surface area contributed by atoms with Gasteiger partial charge < -0.3 is 20.0 Å². The Morgan fingerprint density at radius 3 is 2.21 bits per heavy atom. The zero-order chi connectivity index (χ0) is 16.7. The number of hydrogen-bond donors (Lipinski definition) is 1. The first-order chi connectivity index (χ1) is 11.1. The number of rotatable bonds is 5. The summed E-state index contributed by atoms with van der Waals surface area (Å²) in [7, 11) is 1.91. The molecule has 5 nitrogen and oxygen atoms in total. The molecule has 1 atom stereocenters. The van der Waals surface area contributed by atoms with Crippen LogP contribution in [0.2, 0.25) is 0 Å². The third kappa shape index (κ3) is 7.04. The highest BCUT2D eigenvalue weighted by Gasteiger charge is 2.20. The molecular weight excluding hydrogens is 413 g/mol. The molecule has 0 saturated carbocycles. The first-order valence-electron chi connectivity index (χ1n) is 9.52. The molecule has 6 heteroatoms. The summed E-state index contributed by atoms with van der Waals surface area (Å²) in [4.78, 5) is 12.1. The molecule has 2 aliphatic rings. The highest BCUT2D eigenvalue weighted by Crippen LogP contribution is 2.16. The summed E-state index contributed by atoms with van der Waals surface area (Å²) in [6, 6.07) is 0. The topological polar surface area (TPSA) is 34.1 Å². The Kier molecular flexibility index (Phi) is 10.5. The van der Waals surface area contributed by atoms with Gasteiger partial charge in [0, 0.05) is 59.4 Å². The van der Waals surface area contributed by atoms with Gasteiger partial charge >= 0.3 is 0 Å². The molecule has 0 amide bonds. The van der Waals surface area contributed by atoms with E-state index in [2.05, 4.69) is 45.8 Å². The van der Waals surface area contributed by atoms with Gasteiger partial charge in [-0.15, -0.1) is 24.0 Å². The zero-order valence-electron chi connectivity index (χ0n) is 16.1. The minimum atomic E-state index is 0. The third-order valence-corrected chi connectivity index (χ3v) is 5.39. The molecule has 0 aromatic rings. The molecule has 2 saturated heterocycles. The minimum absolute atomic E-state index is 0. The number of piperidine rings is 1. The minimum Gasteiger partial charge on any atom is -0.356 e. The lowest BCUT2D eigenvalue weighted by Gasteiger charge is -2.36. The van der Waals surface area contributed by atoms with E-state index in [4.69, 9.17) is 0 Å². The highest BCUT2D eigenvalue weighted by molar-refractivity contribution is 14.0. The smallest absolute Gasteiger partial charge is 0.193 e. The molecule has 2 rings (SSSR count). The van der Waals surface area contributed by atoms with Gasteiger partial charge in [-0.1, -0.05) is 20.8 Å². The van der Waals surface area contributed by atoms with Gasteiger partial charge in [0.2, 0.25) is 0 Å². The van der Waals surface area contributed by atoms with Crippen LogP contribution in [-0.4, -0.2) is 86.6 Å². The second-order valence-electron chi connectivity index (χ2n) is 7.44. The van der Waals surface area contributed by atoms with Gasteiger partial charge in [-0.2, -0.15) is 0 Å². The summed E-state index contributed by atoms with van der Waals surface area (Å²) in [5.74, 6) is 2.62. The van der Waals surface area contributed by atoms with Crippen molar-refractivity contribution in [2.75, 3.05) is 66.0 Å². The second kappa shape index (κ2) is 11.5. The lowest BCUT2D eigenvalue weighted by molar-refractivity contribution is 0.124. The van der Waals surface area contributed by atoms with Gasteiger partial charge in [-0.3, -0.25) is 4.99 Å². The Morgan fingerprint density at radius 1 is 1.08 bits per heavy atom. The maximum Gasteiger partial charge on any atom is 0.193 e. The van der Waals surface area contributed by atoms with Gasteiger partial charge in [0.15, 0.2) is 5.96 Å². The Hall–Kier alpha value is -0.0800. The molecule has 2 fully saturated rings. The van der Waals surface area contributed by atoms with Crippen LogP contribution < -0.4 is 5.32 Å². The molecular formula is C18H38IN5. The quantitative estimate of drug-likeness (QED) is 0.395. The van der Waals surface area contributed by atoms with Crippen LogP contribution in [0.3, 0.4) is 0 Å². The molecule has 142 valence electrons. The molecule has 2 aliphatic heterocycles. The number of piperazine rings is 1. The van der Waals surface area contributed by atoms with E-state index in [0.29, 0.717) is 5.92 Å². The number of likely N-dealkylation sites (N-methyl/N-ethyl adjacent to an activating group) is 1. The Labute approximate surface area is 166 Å². The summed E-state index contributed by atoms with van der Waals surface area (Å²) in [5, 5.41) is 3.60. The average molecular weight is 451 g/mol. The van der Waals surface area contributed by atoms with Crippen LogP contribution in [0.15, 0.2) is 4.99 Å². The van der Waals surface area contributed by atoms with E-state index in [9.17, 15) is 0 Å². The van der Waals surface area contributed by atoms with Crippen LogP contribution in [-0.2, 0) is 0 Å². The van der Waals surface area contributed by atoms with Gasteiger partial charge in [-0.25, -0.2) is 0 Å². The predicted molar refractivity (Wildman–Crippen MR) is 114 cm³/mol. The number of likely N-dealkylation sites (tertiary alicyclic amines) is 1. The van der Waals surface area contributed by atoms with Crippen LogP contribution in [0.4, 0.5) is 0 Å². The number of nitrogens with zero attached hydrogens (tertiary/aromatic N) is 4. The van der Waals surface area contributed by atoms with Gasteiger partial charge in [0.05, 0.1) is 0 Å². The highest BCUT2D eigenvalue weighted by atomic mass is 127. The Bertz CT molecular complexity index is 360. The summed E-state index contributed by atoms with van der Waals surface area (Å²) in [6.07, 6.45) is 2.58. The van der Waals surface area contributed by atoms with E-state index in [0.717, 1.165) is 31.5 Å². The van der Waals surface area contributed by atoms with Crippen molar-refractivity contribution in [3.8, 4) is 0 Å². The molecule has 2 heterocycles. The van der Waals surface area contributed by atoms with Crippen molar-refractivity contribution in [1.29, 1.82) is 0 Å². The molecule has 1 unspecified atom stereocenters. The van der Waals surface area contributed by atoms with E-state index < -0.39 is 0 Å². The monoisotopic (exact) mass is 451 g/mol. The SMILES string of the molecule is CCN1CCN(CC(C)CNC(=NC)N2CCC(C)CC2)CC1.I. The predicted octanol–water partition coefficient (Wildman–Crippen LogP) is 2.19. The maximum atomic E-state index is 4.49. The van der Waals surface area contributed by atoms with E-state index in [1.807, 2.05) is 7.05 Å². The largest absolute Gasteiger partial charge is 0.356 e. The number of guanidine groups is 1. The van der Waals surface area contributed by atoms with E-state index in [1.165, 1.54) is 52.1 Å². The van der Waals surface area contributed by atoms with Crippen LogP contribution in [0, 0.1) is 11.8 Å². The average Bonchev–Trinajstić information content (AvgIpc) is 2.57. The lowest BCUT2D eigenvalue weighted by Crippen LogP contribution is -2.49. The summed E-state index contributed by atoms with van der Waals surface area (Å²) < 4.78 is 0. The molecule has 0 aromatic carbocycles. The molecule has 0 spiro atoms. The number of aliphatic imine (C=N–C) groups is 1. The normalized spacial score (nSPS) is 23.0. The summed E-state index contributed by atoms with van der Waals surface area (Å²) >= 11 is 0. The number of halogens is 1. The van der Waals surface area contributed by atoms with Gasteiger partial charge in [0.25, 0.3) is 0 Å². The van der Waals surface area contributed by atoms with Crippen LogP contribution in [0.5, 0.6) is 0 Å².